The van der Waals surface area contributed by atoms with Crippen LogP contribution in [0.3, 0.4) is 0 Å². The summed E-state index contributed by atoms with van der Waals surface area (Å²) in [5, 5.41) is 0. The zero-order valence-electron chi connectivity index (χ0n) is 13.0. The lowest BCUT2D eigenvalue weighted by Crippen LogP contribution is -2.40. The van der Waals surface area contributed by atoms with Gasteiger partial charge in [0.1, 0.15) is 5.75 Å². The summed E-state index contributed by atoms with van der Waals surface area (Å²) in [5.41, 5.74) is 4.62. The van der Waals surface area contributed by atoms with E-state index in [1.165, 1.54) is 31.2 Å². The first-order valence-electron chi connectivity index (χ1n) is 7.84. The molecule has 0 saturated heterocycles. The first-order valence-corrected chi connectivity index (χ1v) is 7.84. The van der Waals surface area contributed by atoms with Crippen LogP contribution in [-0.2, 0) is 0 Å². The van der Waals surface area contributed by atoms with Gasteiger partial charge in [-0.2, -0.15) is 0 Å². The highest BCUT2D eigenvalue weighted by molar-refractivity contribution is 5.32. The van der Waals surface area contributed by atoms with E-state index in [9.17, 15) is 0 Å². The molecule has 0 amide bonds. The van der Waals surface area contributed by atoms with Crippen LogP contribution in [-0.4, -0.2) is 6.10 Å². The third-order valence-electron chi connectivity index (χ3n) is 4.65. The smallest absolute Gasteiger partial charge is 0.120 e. The molecule has 0 aromatic heterocycles. The van der Waals surface area contributed by atoms with Gasteiger partial charge in [-0.1, -0.05) is 31.9 Å². The fourth-order valence-corrected chi connectivity index (χ4v) is 3.59. The molecule has 1 aromatic rings. The van der Waals surface area contributed by atoms with Gasteiger partial charge in [-0.15, -0.1) is 0 Å². The van der Waals surface area contributed by atoms with E-state index in [1.54, 1.807) is 0 Å². The van der Waals surface area contributed by atoms with Gasteiger partial charge in [-0.25, -0.2) is 0 Å². The molecule has 0 bridgehead atoms. The fourth-order valence-electron chi connectivity index (χ4n) is 3.59. The van der Waals surface area contributed by atoms with E-state index in [0.29, 0.717) is 5.41 Å². The van der Waals surface area contributed by atoms with Crippen molar-refractivity contribution >= 4 is 0 Å². The minimum Gasteiger partial charge on any atom is -0.491 e. The molecular weight excluding hydrogens is 248 g/mol. The molecule has 0 radical (unpaired) electrons. The Morgan fingerprint density at radius 3 is 2.55 bits per heavy atom. The molecule has 20 heavy (non-hydrogen) atoms. The predicted molar refractivity (Wildman–Crippen MR) is 83.5 cm³/mol. The molecule has 0 spiro atoms. The van der Waals surface area contributed by atoms with Gasteiger partial charge in [0.05, 0.1) is 12.1 Å². The van der Waals surface area contributed by atoms with Gasteiger partial charge in [0.15, 0.2) is 0 Å². The maximum Gasteiger partial charge on any atom is 0.120 e. The standard InChI is InChI=1S/C17H28N2O/c1-4-17(10-5-6-11-17)16(19-18)14-8-7-9-15(12-14)20-13(2)3/h7-9,12-13,16,19H,4-6,10-11,18H2,1-3H3. The molecule has 1 aromatic carbocycles. The molecule has 3 nitrogen and oxygen atoms in total. The lowest BCUT2D eigenvalue weighted by Gasteiger charge is -2.37. The SMILES string of the molecule is CCC1(C(NN)c2cccc(OC(C)C)c2)CCCC1. The minimum absolute atomic E-state index is 0.196. The first-order chi connectivity index (χ1) is 9.61. The first kappa shape index (κ1) is 15.3. The van der Waals surface area contributed by atoms with Crippen LogP contribution in [0.2, 0.25) is 0 Å². The number of hydrazine groups is 1. The Bertz CT molecular complexity index is 425. The Morgan fingerprint density at radius 1 is 1.30 bits per heavy atom. The van der Waals surface area contributed by atoms with Crippen molar-refractivity contribution in [1.29, 1.82) is 0 Å². The average Bonchev–Trinajstić information content (AvgIpc) is 2.89. The van der Waals surface area contributed by atoms with E-state index in [1.807, 2.05) is 6.07 Å². The van der Waals surface area contributed by atoms with E-state index >= 15 is 0 Å². The summed E-state index contributed by atoms with van der Waals surface area (Å²) in [6.07, 6.45) is 6.50. The monoisotopic (exact) mass is 276 g/mol. The van der Waals surface area contributed by atoms with Crippen LogP contribution in [0.15, 0.2) is 24.3 Å². The van der Waals surface area contributed by atoms with Gasteiger partial charge >= 0.3 is 0 Å². The summed E-state index contributed by atoms with van der Waals surface area (Å²) in [5.74, 6) is 6.84. The van der Waals surface area contributed by atoms with Crippen molar-refractivity contribution in [3.63, 3.8) is 0 Å². The zero-order chi connectivity index (χ0) is 14.6. The molecule has 1 atom stereocenters. The quantitative estimate of drug-likeness (QED) is 0.611. The van der Waals surface area contributed by atoms with Crippen molar-refractivity contribution < 1.29 is 4.74 Å². The number of hydrogen-bond acceptors (Lipinski definition) is 3. The zero-order valence-corrected chi connectivity index (χ0v) is 13.0. The van der Waals surface area contributed by atoms with Crippen molar-refractivity contribution in [2.45, 2.75) is 65.0 Å². The van der Waals surface area contributed by atoms with Crippen LogP contribution < -0.4 is 16.0 Å². The molecule has 2 rings (SSSR count). The highest BCUT2D eigenvalue weighted by Crippen LogP contribution is 2.50. The van der Waals surface area contributed by atoms with E-state index in [0.717, 1.165) is 12.2 Å². The lowest BCUT2D eigenvalue weighted by molar-refractivity contribution is 0.187. The van der Waals surface area contributed by atoms with Gasteiger partial charge in [-0.05, 0) is 56.2 Å². The Balaban J connectivity index is 2.27. The van der Waals surface area contributed by atoms with Gasteiger partial charge in [0, 0.05) is 0 Å². The van der Waals surface area contributed by atoms with Crippen LogP contribution in [0, 0.1) is 5.41 Å². The lowest BCUT2D eigenvalue weighted by atomic mass is 9.73. The molecule has 1 saturated carbocycles. The van der Waals surface area contributed by atoms with Crippen molar-refractivity contribution in [2.24, 2.45) is 11.3 Å². The predicted octanol–water partition coefficient (Wildman–Crippen LogP) is 3.95. The highest BCUT2D eigenvalue weighted by Gasteiger charge is 2.40. The Kier molecular flexibility index (Phi) is 5.06. The second kappa shape index (κ2) is 6.59. The molecule has 1 aliphatic rings. The molecule has 3 N–H and O–H groups in total. The van der Waals surface area contributed by atoms with Gasteiger partial charge in [-0.3, -0.25) is 11.3 Å². The minimum atomic E-state index is 0.196. The highest BCUT2D eigenvalue weighted by atomic mass is 16.5. The molecule has 1 fully saturated rings. The normalized spacial score (nSPS) is 19.2. The van der Waals surface area contributed by atoms with Crippen LogP contribution in [0.1, 0.15) is 64.5 Å². The van der Waals surface area contributed by atoms with Crippen LogP contribution in [0.25, 0.3) is 0 Å². The average molecular weight is 276 g/mol. The van der Waals surface area contributed by atoms with Crippen molar-refractivity contribution in [2.75, 3.05) is 0 Å². The Hall–Kier alpha value is -1.06. The van der Waals surface area contributed by atoms with Gasteiger partial charge < -0.3 is 4.74 Å². The van der Waals surface area contributed by atoms with Crippen molar-refractivity contribution in [3.05, 3.63) is 29.8 Å². The number of ether oxygens (including phenoxy) is 1. The van der Waals surface area contributed by atoms with Crippen LogP contribution in [0.5, 0.6) is 5.75 Å². The molecule has 1 aliphatic carbocycles. The summed E-state index contributed by atoms with van der Waals surface area (Å²) in [6.45, 7) is 6.38. The summed E-state index contributed by atoms with van der Waals surface area (Å²) in [4.78, 5) is 0. The summed E-state index contributed by atoms with van der Waals surface area (Å²) in [7, 11) is 0. The van der Waals surface area contributed by atoms with E-state index < -0.39 is 0 Å². The second-order valence-electron chi connectivity index (χ2n) is 6.26. The number of nitrogens with two attached hydrogens (primary N) is 1. The Morgan fingerprint density at radius 2 is 2.00 bits per heavy atom. The van der Waals surface area contributed by atoms with E-state index in [-0.39, 0.29) is 12.1 Å². The molecule has 1 unspecified atom stereocenters. The topological polar surface area (TPSA) is 47.3 Å². The summed E-state index contributed by atoms with van der Waals surface area (Å²) in [6, 6.07) is 8.60. The van der Waals surface area contributed by atoms with Crippen molar-refractivity contribution in [1.82, 2.24) is 5.43 Å². The number of nitrogens with one attached hydrogen (secondary N) is 1. The second-order valence-corrected chi connectivity index (χ2v) is 6.26. The molecule has 3 heteroatoms. The third-order valence-corrected chi connectivity index (χ3v) is 4.65. The maximum atomic E-state index is 5.91. The number of benzene rings is 1. The van der Waals surface area contributed by atoms with Crippen LogP contribution >= 0.6 is 0 Å². The molecule has 112 valence electrons. The number of hydrogen-bond donors (Lipinski definition) is 2. The van der Waals surface area contributed by atoms with Crippen molar-refractivity contribution in [3.8, 4) is 5.75 Å². The van der Waals surface area contributed by atoms with Crippen LogP contribution in [0.4, 0.5) is 0 Å². The number of rotatable bonds is 6. The summed E-state index contributed by atoms with van der Waals surface area (Å²) >= 11 is 0. The van der Waals surface area contributed by atoms with E-state index in [2.05, 4.69) is 44.4 Å². The fraction of sp³-hybridized carbons (Fsp3) is 0.647. The third kappa shape index (κ3) is 3.15. The Labute approximate surface area is 122 Å². The molecule has 0 aliphatic heterocycles. The molecule has 0 heterocycles. The van der Waals surface area contributed by atoms with E-state index in [4.69, 9.17) is 10.6 Å². The summed E-state index contributed by atoms with van der Waals surface area (Å²) < 4.78 is 5.81. The molecular formula is C17H28N2O. The maximum absolute atomic E-state index is 5.91. The van der Waals surface area contributed by atoms with Gasteiger partial charge in [0.25, 0.3) is 0 Å². The van der Waals surface area contributed by atoms with Gasteiger partial charge in [0.2, 0.25) is 0 Å². The largest absolute Gasteiger partial charge is 0.491 e.